The zero-order chi connectivity index (χ0) is 18.3. The van der Waals surface area contributed by atoms with Crippen LogP contribution >= 0.6 is 0 Å². The van der Waals surface area contributed by atoms with Gasteiger partial charge in [0.1, 0.15) is 6.10 Å². The van der Waals surface area contributed by atoms with Gasteiger partial charge in [-0.3, -0.25) is 0 Å². The number of hydrogen-bond donors (Lipinski definition) is 0. The first-order chi connectivity index (χ1) is 10.1. The summed E-state index contributed by atoms with van der Waals surface area (Å²) >= 11 is 0. The van der Waals surface area contributed by atoms with Crippen molar-refractivity contribution < 1.29 is 57.8 Å². The van der Waals surface area contributed by atoms with Crippen molar-refractivity contribution in [2.45, 2.75) is 36.8 Å². The molecule has 1 rings (SSSR count). The zero-order valence-corrected chi connectivity index (χ0v) is 10.7. The van der Waals surface area contributed by atoms with Gasteiger partial charge in [0, 0.05) is 0 Å². The number of nitrogens with zero attached hydrogens (tertiary/aromatic N) is 1. The maximum atomic E-state index is 13.8. The minimum atomic E-state index is -6.75. The minimum Gasteiger partial charge on any atom is -0.376 e. The van der Waals surface area contributed by atoms with Crippen molar-refractivity contribution in [1.82, 2.24) is 4.90 Å². The molecule has 0 bridgehead atoms. The molecule has 0 saturated carbocycles. The Morgan fingerprint density at radius 3 is 1.57 bits per heavy atom. The van der Waals surface area contributed by atoms with Crippen LogP contribution in [0, 0.1) is 0 Å². The van der Waals surface area contributed by atoms with E-state index in [1.54, 1.807) is 0 Å². The molecule has 14 heteroatoms. The molecule has 0 amide bonds. The molecule has 2 atom stereocenters. The molecule has 3 nitrogen and oxygen atoms in total. The highest BCUT2D eigenvalue weighted by molar-refractivity contribution is 4.98. The van der Waals surface area contributed by atoms with Gasteiger partial charge in [-0.25, -0.2) is 8.78 Å². The van der Waals surface area contributed by atoms with E-state index >= 15 is 0 Å². The lowest BCUT2D eigenvalue weighted by Crippen LogP contribution is -2.68. The van der Waals surface area contributed by atoms with Gasteiger partial charge in [-0.15, -0.1) is 4.90 Å². The van der Waals surface area contributed by atoms with E-state index < -0.39 is 55.0 Å². The van der Waals surface area contributed by atoms with Crippen LogP contribution in [0.4, 0.5) is 48.3 Å². The molecule has 0 aromatic carbocycles. The summed E-state index contributed by atoms with van der Waals surface area (Å²) in [4.78, 5) is -3.18. The third-order valence-corrected chi connectivity index (χ3v) is 2.72. The second-order valence-corrected chi connectivity index (χ2v) is 4.36. The first-order valence-corrected chi connectivity index (χ1v) is 5.66. The highest BCUT2D eigenvalue weighted by Crippen LogP contribution is 2.47. The van der Waals surface area contributed by atoms with E-state index in [1.165, 1.54) is 0 Å². The molecule has 1 heterocycles. The molecule has 0 spiro atoms. The lowest BCUT2D eigenvalue weighted by molar-refractivity contribution is -0.432. The quantitative estimate of drug-likeness (QED) is 0.561. The Bertz CT molecular complexity index is 382. The number of hydrogen-bond acceptors (Lipinski definition) is 3. The summed E-state index contributed by atoms with van der Waals surface area (Å²) < 4.78 is 148. The second kappa shape index (κ2) is 6.20. The minimum absolute atomic E-state index is 0.342. The van der Waals surface area contributed by atoms with Crippen LogP contribution in [0.2, 0.25) is 0 Å². The summed E-state index contributed by atoms with van der Waals surface area (Å²) in [6.45, 7) is -2.34. The average Bonchev–Trinajstić information content (AvgIpc) is 2.32. The van der Waals surface area contributed by atoms with Gasteiger partial charge in [0.15, 0.2) is 6.04 Å². The van der Waals surface area contributed by atoms with E-state index in [2.05, 4.69) is 9.47 Å². The molecule has 0 aromatic rings. The predicted octanol–water partition coefficient (Wildman–Crippen LogP) is 3.31. The maximum absolute atomic E-state index is 13.8. The summed E-state index contributed by atoms with van der Waals surface area (Å²) in [5.74, 6) is -5.58. The van der Waals surface area contributed by atoms with Crippen molar-refractivity contribution in [3.8, 4) is 0 Å². The van der Waals surface area contributed by atoms with Crippen molar-refractivity contribution in [1.29, 1.82) is 0 Å². The standard InChI is InChI=1S/C9H8F11NO2/c10-6(11,4-3-22-1-2-23-4)5(7(12,13)14)21(8(15,16)17)9(18,19)20/h4-5H,1-3H2. The smallest absolute Gasteiger partial charge is 0.376 e. The van der Waals surface area contributed by atoms with Crippen LogP contribution < -0.4 is 0 Å². The molecule has 138 valence electrons. The summed E-state index contributed by atoms with van der Waals surface area (Å²) in [6, 6.07) is -5.22. The third kappa shape index (κ3) is 4.56. The Morgan fingerprint density at radius 1 is 0.783 bits per heavy atom. The highest BCUT2D eigenvalue weighted by atomic mass is 19.4. The largest absolute Gasteiger partial charge is 0.467 e. The molecule has 0 aliphatic carbocycles. The van der Waals surface area contributed by atoms with Gasteiger partial charge < -0.3 is 9.47 Å². The SMILES string of the molecule is FC(F)(F)C(N(C(F)(F)F)C(F)(F)F)C(F)(F)C1COCCO1. The van der Waals surface area contributed by atoms with Gasteiger partial charge >= 0.3 is 24.7 Å². The molecule has 0 radical (unpaired) electrons. The van der Waals surface area contributed by atoms with Crippen LogP contribution in [-0.4, -0.2) is 61.6 Å². The Kier molecular flexibility index (Phi) is 5.43. The number of halogens is 11. The summed E-state index contributed by atoms with van der Waals surface area (Å²) in [5, 5.41) is 0. The maximum Gasteiger partial charge on any atom is 0.467 e. The molecule has 0 N–H and O–H groups in total. The van der Waals surface area contributed by atoms with E-state index in [1.807, 2.05) is 0 Å². The van der Waals surface area contributed by atoms with E-state index in [-0.39, 0.29) is 6.61 Å². The molecule has 1 aliphatic rings. The van der Waals surface area contributed by atoms with Crippen molar-refractivity contribution in [2.24, 2.45) is 0 Å². The Morgan fingerprint density at radius 2 is 1.26 bits per heavy atom. The molecular formula is C9H8F11NO2. The van der Waals surface area contributed by atoms with E-state index in [0.717, 1.165) is 0 Å². The number of alkyl halides is 11. The fraction of sp³-hybridized carbons (Fsp3) is 1.00. The van der Waals surface area contributed by atoms with Crippen LogP contribution in [0.1, 0.15) is 0 Å². The molecule has 1 aliphatic heterocycles. The van der Waals surface area contributed by atoms with Gasteiger partial charge in [-0.2, -0.15) is 39.5 Å². The summed E-state index contributed by atoms with van der Waals surface area (Å²) in [5.41, 5.74) is 0. The predicted molar refractivity (Wildman–Crippen MR) is 49.3 cm³/mol. The van der Waals surface area contributed by atoms with Crippen molar-refractivity contribution in [3.63, 3.8) is 0 Å². The molecule has 23 heavy (non-hydrogen) atoms. The Balaban J connectivity index is 3.37. The molecule has 0 aromatic heterocycles. The normalized spacial score (nSPS) is 23.2. The van der Waals surface area contributed by atoms with Crippen LogP contribution in [0.5, 0.6) is 0 Å². The van der Waals surface area contributed by atoms with Gasteiger partial charge in [0.2, 0.25) is 0 Å². The van der Waals surface area contributed by atoms with Crippen LogP contribution in [0.3, 0.4) is 0 Å². The number of rotatable bonds is 3. The van der Waals surface area contributed by atoms with Crippen LogP contribution in [-0.2, 0) is 9.47 Å². The topological polar surface area (TPSA) is 21.7 Å². The molecule has 1 saturated heterocycles. The van der Waals surface area contributed by atoms with E-state index in [0.29, 0.717) is 0 Å². The first-order valence-electron chi connectivity index (χ1n) is 5.66. The first kappa shape index (κ1) is 20.2. The third-order valence-electron chi connectivity index (χ3n) is 2.72. The second-order valence-electron chi connectivity index (χ2n) is 4.36. The Hall–Kier alpha value is -0.890. The molecule has 2 unspecified atom stereocenters. The zero-order valence-electron chi connectivity index (χ0n) is 10.7. The van der Waals surface area contributed by atoms with Crippen molar-refractivity contribution >= 4 is 0 Å². The van der Waals surface area contributed by atoms with Crippen molar-refractivity contribution in [3.05, 3.63) is 0 Å². The van der Waals surface area contributed by atoms with E-state index in [4.69, 9.17) is 0 Å². The van der Waals surface area contributed by atoms with Crippen LogP contribution in [0.15, 0.2) is 0 Å². The molecular weight excluding hydrogens is 363 g/mol. The monoisotopic (exact) mass is 371 g/mol. The van der Waals surface area contributed by atoms with Gasteiger partial charge in [-0.05, 0) is 0 Å². The average molecular weight is 371 g/mol. The van der Waals surface area contributed by atoms with Gasteiger partial charge in [-0.1, -0.05) is 0 Å². The number of ether oxygens (including phenoxy) is 2. The fourth-order valence-corrected chi connectivity index (χ4v) is 1.86. The van der Waals surface area contributed by atoms with Crippen molar-refractivity contribution in [2.75, 3.05) is 19.8 Å². The van der Waals surface area contributed by atoms with Crippen LogP contribution in [0.25, 0.3) is 0 Å². The van der Waals surface area contributed by atoms with Gasteiger partial charge in [0.05, 0.1) is 19.8 Å². The lowest BCUT2D eigenvalue weighted by atomic mass is 10.0. The highest BCUT2D eigenvalue weighted by Gasteiger charge is 2.73. The summed E-state index contributed by atoms with van der Waals surface area (Å²) in [7, 11) is 0. The van der Waals surface area contributed by atoms with E-state index in [9.17, 15) is 48.3 Å². The van der Waals surface area contributed by atoms with Gasteiger partial charge in [0.25, 0.3) is 0 Å². The Labute approximate surface area is 120 Å². The molecule has 1 fully saturated rings. The lowest BCUT2D eigenvalue weighted by Gasteiger charge is -2.42. The summed E-state index contributed by atoms with van der Waals surface area (Å²) in [6.07, 6.45) is -23.0. The fourth-order valence-electron chi connectivity index (χ4n) is 1.86.